The summed E-state index contributed by atoms with van der Waals surface area (Å²) in [6.07, 6.45) is 1.70. The fraction of sp³-hybridized carbons (Fsp3) is 0.214. The second-order valence-corrected chi connectivity index (χ2v) is 5.20. The molecule has 0 unspecified atom stereocenters. The predicted octanol–water partition coefficient (Wildman–Crippen LogP) is 1.74. The Hall–Kier alpha value is -2.26. The van der Waals surface area contributed by atoms with E-state index in [2.05, 4.69) is 4.98 Å². The number of aromatic amines is 1. The molecule has 6 heteroatoms. The molecular weight excluding hydrogens is 274 g/mol. The van der Waals surface area contributed by atoms with Crippen LogP contribution in [0.4, 0.5) is 0 Å². The van der Waals surface area contributed by atoms with Crippen LogP contribution in [0.3, 0.4) is 0 Å². The molecule has 0 aliphatic carbocycles. The maximum absolute atomic E-state index is 12.3. The molecule has 0 amide bonds. The summed E-state index contributed by atoms with van der Waals surface area (Å²) in [7, 11) is 0. The van der Waals surface area contributed by atoms with Crippen LogP contribution in [0.1, 0.15) is 16.7 Å². The second kappa shape index (κ2) is 5.39. The molecule has 102 valence electrons. The number of hydrogen-bond acceptors (Lipinski definition) is 4. The molecule has 0 spiro atoms. The van der Waals surface area contributed by atoms with E-state index in [1.807, 2.05) is 32.0 Å². The lowest BCUT2D eigenvalue weighted by Gasteiger charge is -2.10. The molecule has 1 aromatic heterocycles. The summed E-state index contributed by atoms with van der Waals surface area (Å²) in [6.45, 7) is 3.75. The number of aromatic nitrogens is 2. The molecule has 0 aliphatic heterocycles. The molecule has 1 N–H and O–H groups in total. The van der Waals surface area contributed by atoms with Crippen molar-refractivity contribution in [2.24, 2.45) is 0 Å². The molecule has 2 rings (SSSR count). The Morgan fingerprint density at radius 2 is 2.00 bits per heavy atom. The van der Waals surface area contributed by atoms with Gasteiger partial charge in [0.2, 0.25) is 0 Å². The number of aryl methyl sites for hydroxylation is 2. The Kier molecular flexibility index (Phi) is 3.81. The highest BCUT2D eigenvalue weighted by Gasteiger charge is 2.15. The van der Waals surface area contributed by atoms with Crippen molar-refractivity contribution in [3.8, 4) is 11.8 Å². The molecule has 0 saturated heterocycles. The number of H-pyrrole nitrogens is 1. The van der Waals surface area contributed by atoms with Gasteiger partial charge in [-0.3, -0.25) is 4.79 Å². The summed E-state index contributed by atoms with van der Waals surface area (Å²) in [6, 6.07) is 7.28. The molecule has 0 fully saturated rings. The highest BCUT2D eigenvalue weighted by atomic mass is 32.2. The molecular formula is C14H13N3O2S. The molecule has 5 nitrogen and oxygen atoms in total. The van der Waals surface area contributed by atoms with Crippen molar-refractivity contribution >= 4 is 11.8 Å². The van der Waals surface area contributed by atoms with Gasteiger partial charge in [0.15, 0.2) is 0 Å². The van der Waals surface area contributed by atoms with Crippen LogP contribution in [-0.2, 0) is 0 Å². The van der Waals surface area contributed by atoms with Crippen LogP contribution < -0.4 is 11.2 Å². The zero-order valence-corrected chi connectivity index (χ0v) is 12.2. The number of hydrogen-bond donors (Lipinski definition) is 1. The maximum atomic E-state index is 12.3. The average molecular weight is 287 g/mol. The van der Waals surface area contributed by atoms with Crippen LogP contribution >= 0.6 is 11.8 Å². The molecule has 0 saturated carbocycles. The molecule has 2 aromatic rings. The molecule has 1 heterocycles. The van der Waals surface area contributed by atoms with Gasteiger partial charge in [-0.15, -0.1) is 11.8 Å². The van der Waals surface area contributed by atoms with E-state index in [-0.39, 0.29) is 5.56 Å². The lowest BCUT2D eigenvalue weighted by atomic mass is 10.1. The quantitative estimate of drug-likeness (QED) is 0.674. The topological polar surface area (TPSA) is 78.7 Å². The first kappa shape index (κ1) is 14.2. The van der Waals surface area contributed by atoms with Crippen molar-refractivity contribution in [1.82, 2.24) is 9.55 Å². The van der Waals surface area contributed by atoms with Gasteiger partial charge in [0.05, 0.1) is 10.7 Å². The Balaban J connectivity index is 2.86. The van der Waals surface area contributed by atoms with Crippen LogP contribution in [-0.4, -0.2) is 15.8 Å². The van der Waals surface area contributed by atoms with Crippen LogP contribution in [0, 0.1) is 25.2 Å². The zero-order valence-electron chi connectivity index (χ0n) is 11.4. The zero-order chi connectivity index (χ0) is 14.9. The first-order valence-corrected chi connectivity index (χ1v) is 7.13. The van der Waals surface area contributed by atoms with E-state index >= 15 is 0 Å². The van der Waals surface area contributed by atoms with Gasteiger partial charge in [-0.05, 0) is 31.7 Å². The predicted molar refractivity (Wildman–Crippen MR) is 78.6 cm³/mol. The van der Waals surface area contributed by atoms with Crippen LogP contribution in [0.2, 0.25) is 0 Å². The molecule has 0 bridgehead atoms. The smallest absolute Gasteiger partial charge is 0.300 e. The summed E-state index contributed by atoms with van der Waals surface area (Å²) in [5.74, 6) is 0. The number of nitriles is 1. The third-order valence-electron chi connectivity index (χ3n) is 2.98. The maximum Gasteiger partial charge on any atom is 0.333 e. The SMILES string of the molecule is CSc1[nH]c(=O)n(-c2ccc(C)cc2C)c(=O)c1C#N. The van der Waals surface area contributed by atoms with E-state index in [0.29, 0.717) is 10.7 Å². The summed E-state index contributed by atoms with van der Waals surface area (Å²) in [5.41, 5.74) is 1.16. The summed E-state index contributed by atoms with van der Waals surface area (Å²) in [5, 5.41) is 9.40. The first-order valence-electron chi connectivity index (χ1n) is 5.90. The number of rotatable bonds is 2. The lowest BCUT2D eigenvalue weighted by molar-refractivity contribution is 0.819. The van der Waals surface area contributed by atoms with E-state index in [0.717, 1.165) is 15.7 Å². The first-order chi connectivity index (χ1) is 9.49. The summed E-state index contributed by atoms with van der Waals surface area (Å²) >= 11 is 1.17. The molecule has 20 heavy (non-hydrogen) atoms. The van der Waals surface area contributed by atoms with Crippen LogP contribution in [0.5, 0.6) is 0 Å². The third kappa shape index (κ3) is 2.28. The average Bonchev–Trinajstić information content (AvgIpc) is 2.40. The normalized spacial score (nSPS) is 10.3. The molecule has 0 radical (unpaired) electrons. The Labute approximate surface area is 119 Å². The van der Waals surface area contributed by atoms with Crippen molar-refractivity contribution < 1.29 is 0 Å². The van der Waals surface area contributed by atoms with E-state index in [4.69, 9.17) is 5.26 Å². The van der Waals surface area contributed by atoms with Crippen molar-refractivity contribution in [3.05, 3.63) is 55.7 Å². The van der Waals surface area contributed by atoms with Gasteiger partial charge in [-0.25, -0.2) is 9.36 Å². The summed E-state index contributed by atoms with van der Waals surface area (Å²) < 4.78 is 1.01. The molecule has 1 aromatic carbocycles. The molecule has 0 atom stereocenters. The summed E-state index contributed by atoms with van der Waals surface area (Å²) in [4.78, 5) is 27.0. The fourth-order valence-corrected chi connectivity index (χ4v) is 2.57. The molecule has 0 aliphatic rings. The number of nitrogens with zero attached hydrogens (tertiary/aromatic N) is 2. The van der Waals surface area contributed by atoms with Crippen molar-refractivity contribution in [3.63, 3.8) is 0 Å². The Bertz CT molecular complexity index is 828. The minimum absolute atomic E-state index is 0.0444. The number of thioether (sulfide) groups is 1. The van der Waals surface area contributed by atoms with Crippen LogP contribution in [0.15, 0.2) is 32.8 Å². The van der Waals surface area contributed by atoms with Gasteiger partial charge in [0, 0.05) is 0 Å². The lowest BCUT2D eigenvalue weighted by Crippen LogP contribution is -2.36. The highest BCUT2D eigenvalue weighted by Crippen LogP contribution is 2.15. The van der Waals surface area contributed by atoms with Gasteiger partial charge in [0.25, 0.3) is 5.56 Å². The van der Waals surface area contributed by atoms with E-state index in [9.17, 15) is 9.59 Å². The van der Waals surface area contributed by atoms with Crippen molar-refractivity contribution in [1.29, 1.82) is 5.26 Å². The number of nitrogens with one attached hydrogen (secondary N) is 1. The number of benzene rings is 1. The van der Waals surface area contributed by atoms with Gasteiger partial charge in [0.1, 0.15) is 11.6 Å². The van der Waals surface area contributed by atoms with E-state index in [1.54, 1.807) is 12.3 Å². The Morgan fingerprint density at radius 3 is 2.55 bits per heavy atom. The van der Waals surface area contributed by atoms with E-state index in [1.165, 1.54) is 11.8 Å². The minimum Gasteiger partial charge on any atom is -0.300 e. The third-order valence-corrected chi connectivity index (χ3v) is 3.69. The van der Waals surface area contributed by atoms with Gasteiger partial charge < -0.3 is 4.98 Å². The Morgan fingerprint density at radius 1 is 1.30 bits per heavy atom. The van der Waals surface area contributed by atoms with Gasteiger partial charge >= 0.3 is 5.69 Å². The standard InChI is InChI=1S/C14H13N3O2S/c1-8-4-5-11(9(2)6-8)17-13(18)10(7-15)12(20-3)16-14(17)19/h4-6H,1-3H3,(H,16,19). The highest BCUT2D eigenvalue weighted by molar-refractivity contribution is 7.98. The monoisotopic (exact) mass is 287 g/mol. The van der Waals surface area contributed by atoms with Crippen molar-refractivity contribution in [2.75, 3.05) is 6.26 Å². The van der Waals surface area contributed by atoms with Gasteiger partial charge in [-0.1, -0.05) is 17.7 Å². The van der Waals surface area contributed by atoms with Gasteiger partial charge in [-0.2, -0.15) is 5.26 Å². The largest absolute Gasteiger partial charge is 0.333 e. The fourth-order valence-electron chi connectivity index (χ4n) is 2.04. The minimum atomic E-state index is -0.590. The van der Waals surface area contributed by atoms with Crippen molar-refractivity contribution in [2.45, 2.75) is 18.9 Å². The second-order valence-electron chi connectivity index (χ2n) is 4.38. The van der Waals surface area contributed by atoms with E-state index < -0.39 is 11.2 Å². The van der Waals surface area contributed by atoms with Crippen LogP contribution in [0.25, 0.3) is 5.69 Å².